The molecule has 1 saturated heterocycles. The summed E-state index contributed by atoms with van der Waals surface area (Å²) in [5.74, 6) is 0.495. The number of nitrogens with zero attached hydrogens (tertiary/aromatic N) is 1. The molecular weight excluding hydrogens is 326 g/mol. The SMILES string of the molecule is CC(C)(C)OC(=O)N1CCC(Nc2ccc3c(c2)NC(=O)CS3)C1. The van der Waals surface area contributed by atoms with E-state index >= 15 is 0 Å². The summed E-state index contributed by atoms with van der Waals surface area (Å²) >= 11 is 1.55. The van der Waals surface area contributed by atoms with Crippen LogP contribution < -0.4 is 10.6 Å². The maximum Gasteiger partial charge on any atom is 0.410 e. The minimum absolute atomic E-state index is 0.0293. The van der Waals surface area contributed by atoms with Crippen molar-refractivity contribution >= 4 is 35.1 Å². The van der Waals surface area contributed by atoms with Crippen LogP contribution in [0.2, 0.25) is 0 Å². The summed E-state index contributed by atoms with van der Waals surface area (Å²) in [6.07, 6.45) is 0.609. The minimum Gasteiger partial charge on any atom is -0.444 e. The van der Waals surface area contributed by atoms with Gasteiger partial charge in [-0.15, -0.1) is 11.8 Å². The van der Waals surface area contributed by atoms with E-state index in [9.17, 15) is 9.59 Å². The molecule has 2 amide bonds. The Morgan fingerprint density at radius 3 is 2.96 bits per heavy atom. The number of amides is 2. The Hall–Kier alpha value is -1.89. The molecule has 6 nitrogen and oxygen atoms in total. The highest BCUT2D eigenvalue weighted by Crippen LogP contribution is 2.33. The molecule has 1 atom stereocenters. The number of carbonyl (C=O) groups is 2. The van der Waals surface area contributed by atoms with E-state index in [1.807, 2.05) is 39.0 Å². The number of ether oxygens (including phenoxy) is 1. The van der Waals surface area contributed by atoms with Crippen molar-refractivity contribution < 1.29 is 14.3 Å². The van der Waals surface area contributed by atoms with Crippen LogP contribution in [-0.4, -0.2) is 47.4 Å². The van der Waals surface area contributed by atoms with Crippen LogP contribution in [0.3, 0.4) is 0 Å². The van der Waals surface area contributed by atoms with Crippen LogP contribution in [0.15, 0.2) is 23.1 Å². The second-order valence-electron chi connectivity index (χ2n) is 7.10. The van der Waals surface area contributed by atoms with Gasteiger partial charge in [0.05, 0.1) is 11.4 Å². The van der Waals surface area contributed by atoms with Gasteiger partial charge in [-0.05, 0) is 45.4 Å². The normalized spacial score (nSPS) is 20.4. The van der Waals surface area contributed by atoms with Crippen LogP contribution in [0.25, 0.3) is 0 Å². The highest BCUT2D eigenvalue weighted by atomic mass is 32.2. The molecule has 0 spiro atoms. The zero-order chi connectivity index (χ0) is 17.3. The number of rotatable bonds is 2. The monoisotopic (exact) mass is 349 g/mol. The van der Waals surface area contributed by atoms with Gasteiger partial charge in [0.2, 0.25) is 5.91 Å². The number of nitrogens with one attached hydrogen (secondary N) is 2. The van der Waals surface area contributed by atoms with Gasteiger partial charge < -0.3 is 20.3 Å². The van der Waals surface area contributed by atoms with Crippen LogP contribution in [-0.2, 0) is 9.53 Å². The fourth-order valence-corrected chi connectivity index (χ4v) is 3.57. The van der Waals surface area contributed by atoms with E-state index < -0.39 is 5.60 Å². The van der Waals surface area contributed by atoms with Crippen LogP contribution in [0.5, 0.6) is 0 Å². The zero-order valence-corrected chi connectivity index (χ0v) is 15.0. The summed E-state index contributed by atoms with van der Waals surface area (Å²) < 4.78 is 5.42. The Kier molecular flexibility index (Phi) is 4.62. The molecular formula is C17H23N3O3S. The van der Waals surface area contributed by atoms with Gasteiger partial charge in [0.15, 0.2) is 0 Å². The second kappa shape index (κ2) is 6.55. The molecule has 0 saturated carbocycles. The molecule has 1 fully saturated rings. The van der Waals surface area contributed by atoms with Gasteiger partial charge in [0, 0.05) is 29.7 Å². The van der Waals surface area contributed by atoms with E-state index in [2.05, 4.69) is 10.6 Å². The molecule has 1 unspecified atom stereocenters. The topological polar surface area (TPSA) is 70.7 Å². The first kappa shape index (κ1) is 17.0. The summed E-state index contributed by atoms with van der Waals surface area (Å²) in [4.78, 5) is 26.4. The van der Waals surface area contributed by atoms with Crippen LogP contribution in [0, 0.1) is 0 Å². The maximum atomic E-state index is 12.1. The molecule has 2 aliphatic heterocycles. The van der Waals surface area contributed by atoms with Crippen LogP contribution in [0.4, 0.5) is 16.2 Å². The van der Waals surface area contributed by atoms with Crippen molar-refractivity contribution in [2.24, 2.45) is 0 Å². The van der Waals surface area contributed by atoms with Crippen molar-refractivity contribution in [1.82, 2.24) is 4.90 Å². The third kappa shape index (κ3) is 4.14. The lowest BCUT2D eigenvalue weighted by Crippen LogP contribution is -2.36. The van der Waals surface area contributed by atoms with E-state index in [0.29, 0.717) is 18.8 Å². The average molecular weight is 349 g/mol. The first-order chi connectivity index (χ1) is 11.3. The third-order valence-corrected chi connectivity index (χ3v) is 4.90. The first-order valence-corrected chi connectivity index (χ1v) is 9.10. The zero-order valence-electron chi connectivity index (χ0n) is 14.2. The van der Waals surface area contributed by atoms with Gasteiger partial charge in [-0.2, -0.15) is 0 Å². The van der Waals surface area contributed by atoms with Gasteiger partial charge >= 0.3 is 6.09 Å². The molecule has 0 aliphatic carbocycles. The summed E-state index contributed by atoms with van der Waals surface area (Å²) in [6, 6.07) is 6.17. The largest absolute Gasteiger partial charge is 0.444 e. The van der Waals surface area contributed by atoms with Crippen molar-refractivity contribution in [3.05, 3.63) is 18.2 Å². The molecule has 7 heteroatoms. The first-order valence-electron chi connectivity index (χ1n) is 8.11. The van der Waals surface area contributed by atoms with Crippen molar-refractivity contribution in [2.75, 3.05) is 29.5 Å². The van der Waals surface area contributed by atoms with E-state index in [4.69, 9.17) is 4.74 Å². The standard InChI is InChI=1S/C17H23N3O3S/c1-17(2,3)23-16(22)20-7-6-12(9-20)18-11-4-5-14-13(8-11)19-15(21)10-24-14/h4-5,8,12,18H,6-7,9-10H2,1-3H3,(H,19,21). The van der Waals surface area contributed by atoms with Crippen molar-refractivity contribution in [1.29, 1.82) is 0 Å². The van der Waals surface area contributed by atoms with E-state index in [-0.39, 0.29) is 18.0 Å². The fraction of sp³-hybridized carbons (Fsp3) is 0.529. The average Bonchev–Trinajstić information content (AvgIpc) is 2.94. The quantitative estimate of drug-likeness (QED) is 0.858. The number of hydrogen-bond donors (Lipinski definition) is 2. The molecule has 2 N–H and O–H groups in total. The van der Waals surface area contributed by atoms with E-state index in [1.165, 1.54) is 0 Å². The van der Waals surface area contributed by atoms with E-state index in [1.54, 1.807) is 16.7 Å². The lowest BCUT2D eigenvalue weighted by molar-refractivity contribution is -0.113. The molecule has 3 rings (SSSR count). The molecule has 0 radical (unpaired) electrons. The molecule has 0 bridgehead atoms. The summed E-state index contributed by atoms with van der Waals surface area (Å²) in [5, 5.41) is 6.34. The summed E-state index contributed by atoms with van der Waals surface area (Å²) in [7, 11) is 0. The molecule has 0 aromatic heterocycles. The molecule has 130 valence electrons. The molecule has 2 aliphatic rings. The number of carbonyl (C=O) groups excluding carboxylic acids is 2. The highest BCUT2D eigenvalue weighted by molar-refractivity contribution is 8.00. The van der Waals surface area contributed by atoms with Gasteiger partial charge in [0.1, 0.15) is 5.60 Å². The Labute approximate surface area is 146 Å². The Morgan fingerprint density at radius 1 is 1.42 bits per heavy atom. The van der Waals surface area contributed by atoms with Crippen LogP contribution in [0.1, 0.15) is 27.2 Å². The number of benzene rings is 1. The lowest BCUT2D eigenvalue weighted by Gasteiger charge is -2.24. The molecule has 1 aromatic carbocycles. The fourth-order valence-electron chi connectivity index (χ4n) is 2.78. The van der Waals surface area contributed by atoms with Crippen molar-refractivity contribution in [2.45, 2.75) is 43.7 Å². The Morgan fingerprint density at radius 2 is 2.21 bits per heavy atom. The summed E-state index contributed by atoms with van der Waals surface area (Å²) in [6.45, 7) is 6.92. The third-order valence-electron chi connectivity index (χ3n) is 3.82. The van der Waals surface area contributed by atoms with Gasteiger partial charge in [0.25, 0.3) is 0 Å². The number of fused-ring (bicyclic) bond motifs is 1. The van der Waals surface area contributed by atoms with Crippen molar-refractivity contribution in [3.63, 3.8) is 0 Å². The number of anilines is 2. The lowest BCUT2D eigenvalue weighted by atomic mass is 10.2. The molecule has 1 aromatic rings. The minimum atomic E-state index is -0.475. The van der Waals surface area contributed by atoms with Crippen LogP contribution >= 0.6 is 11.8 Å². The smallest absolute Gasteiger partial charge is 0.410 e. The van der Waals surface area contributed by atoms with Gasteiger partial charge in [-0.3, -0.25) is 4.79 Å². The number of likely N-dealkylation sites (tertiary alicyclic amines) is 1. The van der Waals surface area contributed by atoms with E-state index in [0.717, 1.165) is 22.7 Å². The number of thioether (sulfide) groups is 1. The Bertz CT molecular complexity index is 657. The van der Waals surface area contributed by atoms with Crippen molar-refractivity contribution in [3.8, 4) is 0 Å². The number of hydrogen-bond acceptors (Lipinski definition) is 5. The maximum absolute atomic E-state index is 12.1. The second-order valence-corrected chi connectivity index (χ2v) is 8.12. The predicted molar refractivity (Wildman–Crippen MR) is 95.6 cm³/mol. The van der Waals surface area contributed by atoms with Gasteiger partial charge in [-0.1, -0.05) is 0 Å². The summed E-state index contributed by atoms with van der Waals surface area (Å²) in [5.41, 5.74) is 1.33. The highest BCUT2D eigenvalue weighted by Gasteiger charge is 2.29. The molecule has 2 heterocycles. The Balaban J connectivity index is 1.59. The predicted octanol–water partition coefficient (Wildman–Crippen LogP) is 3.15. The van der Waals surface area contributed by atoms with Gasteiger partial charge in [-0.25, -0.2) is 4.79 Å². The molecule has 24 heavy (non-hydrogen) atoms.